The van der Waals surface area contributed by atoms with E-state index in [1.807, 2.05) is 13.0 Å². The standard InChI is InChI=1S/C20H20ClN5O3S/c1-12-4-5-14(9-16(12)21)30(28,29)25-8-2-3-13(11-25)26-18-15-6-7-22-19(15)23-10-17(18)24-20(26)27/h4-7,9-10,13H,2-3,8,11H2,1H3,(H,22,23)(H,24,27)/t13-/m1/s1. The number of nitrogens with one attached hydrogen (secondary N) is 2. The SMILES string of the molecule is Cc1ccc(S(=O)(=O)N2CCC[C@@H](n3c(=O)[nH]c4cnc5[nH]ccc5c43)C2)cc1Cl. The summed E-state index contributed by atoms with van der Waals surface area (Å²) < 4.78 is 29.6. The van der Waals surface area contributed by atoms with Crippen molar-refractivity contribution in [3.8, 4) is 0 Å². The van der Waals surface area contributed by atoms with Crippen molar-refractivity contribution in [2.75, 3.05) is 13.1 Å². The number of benzene rings is 1. The Kier molecular flexibility index (Phi) is 4.49. The molecular weight excluding hydrogens is 426 g/mol. The van der Waals surface area contributed by atoms with E-state index in [0.717, 1.165) is 16.5 Å². The zero-order valence-electron chi connectivity index (χ0n) is 16.2. The molecule has 0 unspecified atom stereocenters. The maximum atomic E-state index is 13.2. The predicted octanol–water partition coefficient (Wildman–Crippen LogP) is 3.19. The van der Waals surface area contributed by atoms with E-state index in [2.05, 4.69) is 15.0 Å². The lowest BCUT2D eigenvalue weighted by atomic mass is 10.1. The molecule has 0 aliphatic carbocycles. The number of halogens is 1. The fourth-order valence-corrected chi connectivity index (χ4v) is 5.99. The van der Waals surface area contributed by atoms with Gasteiger partial charge in [-0.2, -0.15) is 4.31 Å². The van der Waals surface area contributed by atoms with Crippen molar-refractivity contribution in [2.45, 2.75) is 30.7 Å². The highest BCUT2D eigenvalue weighted by molar-refractivity contribution is 7.89. The van der Waals surface area contributed by atoms with Gasteiger partial charge in [0.2, 0.25) is 10.0 Å². The van der Waals surface area contributed by atoms with Crippen LogP contribution in [0.1, 0.15) is 24.4 Å². The predicted molar refractivity (Wildman–Crippen MR) is 115 cm³/mol. The van der Waals surface area contributed by atoms with E-state index in [-0.39, 0.29) is 23.2 Å². The van der Waals surface area contributed by atoms with Gasteiger partial charge in [0.05, 0.1) is 28.2 Å². The molecule has 0 saturated carbocycles. The third-order valence-corrected chi connectivity index (χ3v) is 8.03. The Labute approximate surface area is 177 Å². The largest absolute Gasteiger partial charge is 0.346 e. The van der Waals surface area contributed by atoms with E-state index < -0.39 is 10.0 Å². The monoisotopic (exact) mass is 445 g/mol. The molecule has 1 aromatic carbocycles. The van der Waals surface area contributed by atoms with Crippen LogP contribution in [0.5, 0.6) is 0 Å². The second kappa shape index (κ2) is 6.97. The molecule has 30 heavy (non-hydrogen) atoms. The van der Waals surface area contributed by atoms with Crippen molar-refractivity contribution in [3.63, 3.8) is 0 Å². The molecule has 2 N–H and O–H groups in total. The molecule has 0 spiro atoms. The fourth-order valence-electron chi connectivity index (χ4n) is 4.20. The highest BCUT2D eigenvalue weighted by Gasteiger charge is 2.33. The van der Waals surface area contributed by atoms with Crippen LogP contribution in [0.3, 0.4) is 0 Å². The molecule has 0 radical (unpaired) electrons. The molecule has 1 aliphatic rings. The minimum absolute atomic E-state index is 0.169. The normalized spacial score (nSPS) is 18.4. The molecular formula is C20H20ClN5O3S. The van der Waals surface area contributed by atoms with Gasteiger partial charge < -0.3 is 9.97 Å². The molecule has 0 bridgehead atoms. The van der Waals surface area contributed by atoms with Crippen molar-refractivity contribution in [1.82, 2.24) is 23.8 Å². The van der Waals surface area contributed by atoms with Crippen molar-refractivity contribution >= 4 is 43.7 Å². The van der Waals surface area contributed by atoms with E-state index >= 15 is 0 Å². The van der Waals surface area contributed by atoms with Gasteiger partial charge in [0.1, 0.15) is 5.65 Å². The van der Waals surface area contributed by atoms with Gasteiger partial charge in [-0.15, -0.1) is 0 Å². The first-order chi connectivity index (χ1) is 14.4. The van der Waals surface area contributed by atoms with E-state index in [1.165, 1.54) is 10.4 Å². The summed E-state index contributed by atoms with van der Waals surface area (Å²) in [5.41, 5.74) is 2.63. The fraction of sp³-hybridized carbons (Fsp3) is 0.300. The summed E-state index contributed by atoms with van der Waals surface area (Å²) in [6.07, 6.45) is 4.77. The molecule has 5 rings (SSSR count). The molecule has 0 amide bonds. The number of nitrogens with zero attached hydrogens (tertiary/aromatic N) is 3. The van der Waals surface area contributed by atoms with Gasteiger partial charge in [-0.1, -0.05) is 17.7 Å². The van der Waals surface area contributed by atoms with Crippen LogP contribution in [0.15, 0.2) is 46.3 Å². The second-order valence-corrected chi connectivity index (χ2v) is 9.98. The number of imidazole rings is 1. The van der Waals surface area contributed by atoms with Crippen LogP contribution < -0.4 is 5.69 Å². The lowest BCUT2D eigenvalue weighted by Gasteiger charge is -2.32. The molecule has 8 nitrogen and oxygen atoms in total. The maximum Gasteiger partial charge on any atom is 0.326 e. The third-order valence-electron chi connectivity index (χ3n) is 5.76. The number of aromatic nitrogens is 4. The van der Waals surface area contributed by atoms with E-state index in [1.54, 1.807) is 29.1 Å². The molecule has 1 aliphatic heterocycles. The van der Waals surface area contributed by atoms with Crippen LogP contribution in [0.4, 0.5) is 0 Å². The first-order valence-electron chi connectivity index (χ1n) is 9.69. The van der Waals surface area contributed by atoms with E-state index in [0.29, 0.717) is 35.6 Å². The second-order valence-electron chi connectivity index (χ2n) is 7.63. The molecule has 4 heterocycles. The summed E-state index contributed by atoms with van der Waals surface area (Å²) in [4.78, 5) is 23.2. The average molecular weight is 446 g/mol. The van der Waals surface area contributed by atoms with Gasteiger partial charge in [0.25, 0.3) is 0 Å². The quantitative estimate of drug-likeness (QED) is 0.505. The lowest BCUT2D eigenvalue weighted by Crippen LogP contribution is -2.42. The van der Waals surface area contributed by atoms with Crippen molar-refractivity contribution in [3.05, 3.63) is 57.7 Å². The van der Waals surface area contributed by atoms with Gasteiger partial charge in [0, 0.05) is 29.7 Å². The third kappa shape index (κ3) is 2.96. The van der Waals surface area contributed by atoms with E-state index in [9.17, 15) is 13.2 Å². The summed E-state index contributed by atoms with van der Waals surface area (Å²) >= 11 is 6.16. The van der Waals surface area contributed by atoms with Crippen LogP contribution in [-0.2, 0) is 10.0 Å². The topological polar surface area (TPSA) is 104 Å². The van der Waals surface area contributed by atoms with Crippen molar-refractivity contribution in [1.29, 1.82) is 0 Å². The number of hydrogen-bond donors (Lipinski definition) is 2. The minimum Gasteiger partial charge on any atom is -0.346 e. The highest BCUT2D eigenvalue weighted by Crippen LogP contribution is 2.31. The Hall–Kier alpha value is -2.62. The summed E-state index contributed by atoms with van der Waals surface area (Å²) in [5.74, 6) is 0. The van der Waals surface area contributed by atoms with Gasteiger partial charge in [-0.3, -0.25) is 4.57 Å². The van der Waals surface area contributed by atoms with Crippen LogP contribution in [0.2, 0.25) is 5.02 Å². The van der Waals surface area contributed by atoms with Gasteiger partial charge in [-0.25, -0.2) is 18.2 Å². The number of rotatable bonds is 3. The summed E-state index contributed by atoms with van der Waals surface area (Å²) in [5, 5.41) is 1.25. The van der Waals surface area contributed by atoms with Gasteiger partial charge >= 0.3 is 5.69 Å². The Morgan fingerprint density at radius 2 is 2.10 bits per heavy atom. The first-order valence-corrected chi connectivity index (χ1v) is 11.5. The number of aromatic amines is 2. The zero-order valence-corrected chi connectivity index (χ0v) is 17.8. The smallest absolute Gasteiger partial charge is 0.326 e. The number of hydrogen-bond acceptors (Lipinski definition) is 4. The maximum absolute atomic E-state index is 13.2. The Morgan fingerprint density at radius 3 is 2.90 bits per heavy atom. The number of H-pyrrole nitrogens is 2. The molecule has 1 saturated heterocycles. The molecule has 156 valence electrons. The number of aryl methyl sites for hydroxylation is 1. The highest BCUT2D eigenvalue weighted by atomic mass is 35.5. The first kappa shape index (κ1) is 19.3. The molecule has 1 atom stereocenters. The average Bonchev–Trinajstić information content (AvgIpc) is 3.33. The summed E-state index contributed by atoms with van der Waals surface area (Å²) in [6.45, 7) is 2.45. The number of pyridine rings is 1. The van der Waals surface area contributed by atoms with E-state index in [4.69, 9.17) is 11.6 Å². The zero-order chi connectivity index (χ0) is 21.0. The van der Waals surface area contributed by atoms with Crippen LogP contribution in [0, 0.1) is 6.92 Å². The van der Waals surface area contributed by atoms with Crippen molar-refractivity contribution < 1.29 is 8.42 Å². The molecule has 10 heteroatoms. The molecule has 1 fully saturated rings. The summed E-state index contributed by atoms with van der Waals surface area (Å²) in [7, 11) is -3.72. The number of sulfonamides is 1. The lowest BCUT2D eigenvalue weighted by molar-refractivity contribution is 0.267. The Morgan fingerprint density at radius 1 is 1.27 bits per heavy atom. The molecule has 3 aromatic heterocycles. The van der Waals surface area contributed by atoms with Crippen LogP contribution in [-0.4, -0.2) is 45.3 Å². The van der Waals surface area contributed by atoms with Crippen molar-refractivity contribution in [2.24, 2.45) is 0 Å². The van der Waals surface area contributed by atoms with Gasteiger partial charge in [0.15, 0.2) is 0 Å². The van der Waals surface area contributed by atoms with Crippen LogP contribution >= 0.6 is 11.6 Å². The minimum atomic E-state index is -3.72. The van der Waals surface area contributed by atoms with Gasteiger partial charge in [-0.05, 0) is 43.5 Å². The number of fused-ring (bicyclic) bond motifs is 3. The molecule has 4 aromatic rings. The summed E-state index contributed by atoms with van der Waals surface area (Å²) in [6, 6.07) is 6.36. The Balaban J connectivity index is 1.56. The van der Waals surface area contributed by atoms with Crippen LogP contribution in [0.25, 0.3) is 22.1 Å². The number of piperidine rings is 1. The Bertz CT molecular complexity index is 1440.